The molecule has 2 rings (SSSR count). The number of ether oxygens (including phenoxy) is 2. The van der Waals surface area contributed by atoms with E-state index < -0.39 is 0 Å². The number of methoxy groups -OCH3 is 1. The number of hydrogen-bond donors (Lipinski definition) is 1. The molecule has 0 amide bonds. The number of rotatable bonds is 5. The zero-order chi connectivity index (χ0) is 13.0. The first-order valence-electron chi connectivity index (χ1n) is 6.35. The summed E-state index contributed by atoms with van der Waals surface area (Å²) >= 11 is 0. The van der Waals surface area contributed by atoms with Gasteiger partial charge in [-0.1, -0.05) is 6.07 Å². The molecule has 0 aromatic heterocycles. The highest BCUT2D eigenvalue weighted by Gasteiger charge is 2.17. The van der Waals surface area contributed by atoms with Gasteiger partial charge < -0.3 is 14.8 Å². The average Bonchev–Trinajstić information content (AvgIpc) is 2.89. The SMILES string of the molecule is COc1cc(C(C)NCC2CCOC2)ccc1F. The van der Waals surface area contributed by atoms with Gasteiger partial charge in [0, 0.05) is 19.2 Å². The third-order valence-corrected chi connectivity index (χ3v) is 3.41. The van der Waals surface area contributed by atoms with Gasteiger partial charge in [0.1, 0.15) is 0 Å². The molecule has 1 saturated heterocycles. The molecule has 1 aliphatic heterocycles. The standard InChI is InChI=1S/C14H20FNO2/c1-10(16-8-11-5-6-18-9-11)12-3-4-13(15)14(7-12)17-2/h3-4,7,10-11,16H,5-6,8-9H2,1-2H3. The minimum absolute atomic E-state index is 0.181. The van der Waals surface area contributed by atoms with Crippen LogP contribution in [0.1, 0.15) is 24.9 Å². The van der Waals surface area contributed by atoms with E-state index >= 15 is 0 Å². The molecule has 18 heavy (non-hydrogen) atoms. The van der Waals surface area contributed by atoms with Gasteiger partial charge in [0.2, 0.25) is 0 Å². The van der Waals surface area contributed by atoms with Gasteiger partial charge in [-0.05, 0) is 37.0 Å². The number of halogens is 1. The van der Waals surface area contributed by atoms with Crippen molar-refractivity contribution in [1.82, 2.24) is 5.32 Å². The summed E-state index contributed by atoms with van der Waals surface area (Å²) in [4.78, 5) is 0. The van der Waals surface area contributed by atoms with Crippen LogP contribution in [0.2, 0.25) is 0 Å². The summed E-state index contributed by atoms with van der Waals surface area (Å²) in [7, 11) is 1.48. The van der Waals surface area contributed by atoms with Crippen molar-refractivity contribution in [3.63, 3.8) is 0 Å². The fraction of sp³-hybridized carbons (Fsp3) is 0.571. The van der Waals surface area contributed by atoms with Crippen molar-refractivity contribution in [2.45, 2.75) is 19.4 Å². The molecule has 0 bridgehead atoms. The van der Waals surface area contributed by atoms with Crippen molar-refractivity contribution in [2.75, 3.05) is 26.9 Å². The van der Waals surface area contributed by atoms with Gasteiger partial charge in [-0.25, -0.2) is 4.39 Å². The highest BCUT2D eigenvalue weighted by molar-refractivity contribution is 5.31. The predicted octanol–water partition coefficient (Wildman–Crippen LogP) is 2.52. The number of benzene rings is 1. The van der Waals surface area contributed by atoms with E-state index in [1.54, 1.807) is 12.1 Å². The predicted molar refractivity (Wildman–Crippen MR) is 68.3 cm³/mol. The lowest BCUT2D eigenvalue weighted by atomic mass is 10.1. The van der Waals surface area contributed by atoms with Gasteiger partial charge in [-0.15, -0.1) is 0 Å². The Kier molecular flexibility index (Phi) is 4.55. The van der Waals surface area contributed by atoms with Gasteiger partial charge in [0.15, 0.2) is 11.6 Å². The second-order valence-corrected chi connectivity index (χ2v) is 4.75. The zero-order valence-electron chi connectivity index (χ0n) is 10.9. The summed E-state index contributed by atoms with van der Waals surface area (Å²) < 4.78 is 23.6. The maximum atomic E-state index is 13.3. The van der Waals surface area contributed by atoms with Gasteiger partial charge in [-0.3, -0.25) is 0 Å². The lowest BCUT2D eigenvalue weighted by molar-refractivity contribution is 0.184. The van der Waals surface area contributed by atoms with E-state index in [2.05, 4.69) is 12.2 Å². The third-order valence-electron chi connectivity index (χ3n) is 3.41. The van der Waals surface area contributed by atoms with Gasteiger partial charge in [0.05, 0.1) is 13.7 Å². The molecule has 2 atom stereocenters. The maximum absolute atomic E-state index is 13.3. The molecule has 1 fully saturated rings. The van der Waals surface area contributed by atoms with Gasteiger partial charge in [0.25, 0.3) is 0 Å². The quantitative estimate of drug-likeness (QED) is 0.874. The lowest BCUT2D eigenvalue weighted by Crippen LogP contribution is -2.26. The summed E-state index contributed by atoms with van der Waals surface area (Å²) in [5, 5.41) is 3.45. The molecular weight excluding hydrogens is 233 g/mol. The van der Waals surface area contributed by atoms with Crippen molar-refractivity contribution in [3.8, 4) is 5.75 Å². The molecule has 100 valence electrons. The minimum atomic E-state index is -0.322. The first-order valence-corrected chi connectivity index (χ1v) is 6.35. The fourth-order valence-electron chi connectivity index (χ4n) is 2.15. The molecule has 1 aliphatic rings. The summed E-state index contributed by atoms with van der Waals surface area (Å²) in [6.07, 6.45) is 1.12. The Morgan fingerprint density at radius 2 is 2.39 bits per heavy atom. The molecule has 1 aromatic carbocycles. The highest BCUT2D eigenvalue weighted by atomic mass is 19.1. The van der Waals surface area contributed by atoms with Gasteiger partial charge in [-0.2, -0.15) is 0 Å². The zero-order valence-corrected chi connectivity index (χ0v) is 10.9. The molecule has 0 saturated carbocycles. The van der Waals surface area contributed by atoms with E-state index in [1.165, 1.54) is 13.2 Å². The van der Waals surface area contributed by atoms with Crippen LogP contribution in [-0.2, 0) is 4.74 Å². The molecule has 3 nitrogen and oxygen atoms in total. The normalized spacial score (nSPS) is 20.9. The maximum Gasteiger partial charge on any atom is 0.165 e. The summed E-state index contributed by atoms with van der Waals surface area (Å²) in [6.45, 7) is 4.71. The van der Waals surface area contributed by atoms with Crippen LogP contribution in [0.4, 0.5) is 4.39 Å². The molecular formula is C14H20FNO2. The molecule has 4 heteroatoms. The average molecular weight is 253 g/mol. The Morgan fingerprint density at radius 3 is 3.06 bits per heavy atom. The fourth-order valence-corrected chi connectivity index (χ4v) is 2.15. The van der Waals surface area contributed by atoms with Crippen LogP contribution >= 0.6 is 0 Å². The highest BCUT2D eigenvalue weighted by Crippen LogP contribution is 2.23. The Balaban J connectivity index is 1.93. The van der Waals surface area contributed by atoms with Crippen molar-refractivity contribution < 1.29 is 13.9 Å². The van der Waals surface area contributed by atoms with Crippen molar-refractivity contribution in [3.05, 3.63) is 29.6 Å². The number of nitrogens with one attached hydrogen (secondary N) is 1. The van der Waals surface area contributed by atoms with Crippen LogP contribution in [0, 0.1) is 11.7 Å². The minimum Gasteiger partial charge on any atom is -0.494 e. The second-order valence-electron chi connectivity index (χ2n) is 4.75. The third kappa shape index (κ3) is 3.21. The van der Waals surface area contributed by atoms with Crippen LogP contribution in [0.5, 0.6) is 5.75 Å². The first-order chi connectivity index (χ1) is 8.70. The van der Waals surface area contributed by atoms with E-state index in [9.17, 15) is 4.39 Å². The monoisotopic (exact) mass is 253 g/mol. The largest absolute Gasteiger partial charge is 0.494 e. The molecule has 0 aliphatic carbocycles. The molecule has 0 spiro atoms. The number of hydrogen-bond acceptors (Lipinski definition) is 3. The van der Waals surface area contributed by atoms with Crippen molar-refractivity contribution >= 4 is 0 Å². The summed E-state index contributed by atoms with van der Waals surface area (Å²) in [5.41, 5.74) is 1.03. The summed E-state index contributed by atoms with van der Waals surface area (Å²) in [5.74, 6) is 0.567. The van der Waals surface area contributed by atoms with Crippen LogP contribution in [0.3, 0.4) is 0 Å². The van der Waals surface area contributed by atoms with Crippen molar-refractivity contribution in [1.29, 1.82) is 0 Å². The van der Waals surface area contributed by atoms with E-state index in [1.807, 2.05) is 0 Å². The molecule has 1 N–H and O–H groups in total. The Bertz CT molecular complexity index is 391. The molecule has 2 unspecified atom stereocenters. The van der Waals surface area contributed by atoms with Crippen LogP contribution in [0.15, 0.2) is 18.2 Å². The molecule has 1 aromatic rings. The van der Waals surface area contributed by atoms with Crippen LogP contribution < -0.4 is 10.1 Å². The molecule has 0 radical (unpaired) electrons. The van der Waals surface area contributed by atoms with E-state index in [0.717, 1.165) is 31.7 Å². The smallest absolute Gasteiger partial charge is 0.165 e. The topological polar surface area (TPSA) is 30.5 Å². The van der Waals surface area contributed by atoms with Gasteiger partial charge >= 0.3 is 0 Å². The van der Waals surface area contributed by atoms with Crippen molar-refractivity contribution in [2.24, 2.45) is 5.92 Å². The Labute approximate surface area is 107 Å². The Morgan fingerprint density at radius 1 is 1.56 bits per heavy atom. The second kappa shape index (κ2) is 6.16. The van der Waals surface area contributed by atoms with E-state index in [-0.39, 0.29) is 11.9 Å². The first kappa shape index (κ1) is 13.3. The van der Waals surface area contributed by atoms with E-state index in [0.29, 0.717) is 11.7 Å². The Hall–Kier alpha value is -1.13. The van der Waals surface area contributed by atoms with E-state index in [4.69, 9.17) is 9.47 Å². The summed E-state index contributed by atoms with van der Waals surface area (Å²) in [6, 6.07) is 5.17. The molecule has 1 heterocycles. The lowest BCUT2D eigenvalue weighted by Gasteiger charge is -2.17. The van der Waals surface area contributed by atoms with Crippen LogP contribution in [-0.4, -0.2) is 26.9 Å². The van der Waals surface area contributed by atoms with Crippen LogP contribution in [0.25, 0.3) is 0 Å².